The van der Waals surface area contributed by atoms with E-state index >= 15 is 0 Å². The summed E-state index contributed by atoms with van der Waals surface area (Å²) >= 11 is 0. The van der Waals surface area contributed by atoms with Crippen LogP contribution in [0.1, 0.15) is 29.9 Å². The number of para-hydroxylation sites is 1. The number of benzene rings is 1. The van der Waals surface area contributed by atoms with Gasteiger partial charge in [0.25, 0.3) is 11.7 Å². The number of carbonyl (C=O) groups is 2. The summed E-state index contributed by atoms with van der Waals surface area (Å²) in [5, 5.41) is 9.98. The molecule has 0 atom stereocenters. The number of β-amino-alcohol motifs (C(OH)–C–C–N with tert-alkyl or cyclic N) is 1. The number of rotatable bonds is 4. The number of aromatic amines is 1. The third-order valence-corrected chi connectivity index (χ3v) is 5.05. The first-order chi connectivity index (χ1) is 11.8. The Morgan fingerprint density at radius 3 is 2.64 bits per heavy atom. The first-order valence-electron chi connectivity index (χ1n) is 8.62. The number of Topliss-reactive ketones (excluding diaryl/α,β-unsaturated/α-hetero) is 1. The average Bonchev–Trinajstić information content (AvgIpc) is 2.91. The predicted octanol–water partition coefficient (Wildman–Crippen LogP) is 1.57. The standard InChI is InChI=1S/C19H25N3O3/c1-13-16(14-6-4-5-7-15(14)20-13)17(24)18(25)21-8-9-22(10-11-23)19(2,3)12-21/h4-7,20,23H,8-12H2,1-3H3. The molecule has 1 aromatic heterocycles. The van der Waals surface area contributed by atoms with Crippen molar-refractivity contribution in [2.75, 3.05) is 32.8 Å². The number of aliphatic hydroxyl groups is 1. The van der Waals surface area contributed by atoms with Gasteiger partial charge in [0.2, 0.25) is 0 Å². The normalized spacial score (nSPS) is 17.8. The van der Waals surface area contributed by atoms with Crippen molar-refractivity contribution in [1.29, 1.82) is 0 Å². The molecule has 6 nitrogen and oxygen atoms in total. The molecule has 1 saturated heterocycles. The monoisotopic (exact) mass is 343 g/mol. The number of piperazine rings is 1. The van der Waals surface area contributed by atoms with Gasteiger partial charge in [-0.3, -0.25) is 14.5 Å². The second kappa shape index (κ2) is 6.61. The third-order valence-electron chi connectivity index (χ3n) is 5.05. The van der Waals surface area contributed by atoms with Crippen LogP contribution in [0.4, 0.5) is 0 Å². The molecule has 1 fully saturated rings. The molecule has 2 heterocycles. The Morgan fingerprint density at radius 2 is 1.96 bits per heavy atom. The largest absolute Gasteiger partial charge is 0.395 e. The molecule has 0 spiro atoms. The fourth-order valence-corrected chi connectivity index (χ4v) is 3.72. The van der Waals surface area contributed by atoms with Crippen LogP contribution in [0.2, 0.25) is 0 Å². The highest BCUT2D eigenvalue weighted by Crippen LogP contribution is 2.25. The Kier molecular flexibility index (Phi) is 4.67. The van der Waals surface area contributed by atoms with E-state index in [2.05, 4.69) is 9.88 Å². The SMILES string of the molecule is Cc1[nH]c2ccccc2c1C(=O)C(=O)N1CCN(CCO)C(C)(C)C1. The van der Waals surface area contributed by atoms with Gasteiger partial charge in [0.05, 0.1) is 12.2 Å². The lowest BCUT2D eigenvalue weighted by atomic mass is 9.97. The summed E-state index contributed by atoms with van der Waals surface area (Å²) in [5.41, 5.74) is 1.78. The number of H-pyrrole nitrogens is 1. The summed E-state index contributed by atoms with van der Waals surface area (Å²) in [6, 6.07) is 7.54. The van der Waals surface area contributed by atoms with Gasteiger partial charge in [-0.05, 0) is 26.8 Å². The molecule has 3 rings (SSSR count). The first kappa shape index (κ1) is 17.6. The Bertz CT molecular complexity index is 809. The molecule has 6 heteroatoms. The van der Waals surface area contributed by atoms with Crippen LogP contribution in [0.5, 0.6) is 0 Å². The number of carbonyl (C=O) groups excluding carboxylic acids is 2. The van der Waals surface area contributed by atoms with Gasteiger partial charge in [-0.2, -0.15) is 0 Å². The number of aromatic nitrogens is 1. The highest BCUT2D eigenvalue weighted by atomic mass is 16.3. The maximum absolute atomic E-state index is 12.9. The lowest BCUT2D eigenvalue weighted by Crippen LogP contribution is -2.61. The van der Waals surface area contributed by atoms with Crippen molar-refractivity contribution in [2.24, 2.45) is 0 Å². The molecule has 0 unspecified atom stereocenters. The predicted molar refractivity (Wildman–Crippen MR) is 96.7 cm³/mol. The van der Waals surface area contributed by atoms with E-state index in [-0.39, 0.29) is 12.1 Å². The Morgan fingerprint density at radius 1 is 1.24 bits per heavy atom. The molecular weight excluding hydrogens is 318 g/mol. The number of ketones is 1. The minimum atomic E-state index is -0.457. The van der Waals surface area contributed by atoms with E-state index in [1.165, 1.54) is 0 Å². The maximum atomic E-state index is 12.9. The lowest BCUT2D eigenvalue weighted by molar-refractivity contribution is -0.131. The first-order valence-corrected chi connectivity index (χ1v) is 8.62. The molecule has 2 N–H and O–H groups in total. The fourth-order valence-electron chi connectivity index (χ4n) is 3.72. The van der Waals surface area contributed by atoms with E-state index in [9.17, 15) is 14.7 Å². The smallest absolute Gasteiger partial charge is 0.295 e. The zero-order valence-corrected chi connectivity index (χ0v) is 15.0. The molecule has 1 aliphatic rings. The van der Waals surface area contributed by atoms with Crippen LogP contribution < -0.4 is 0 Å². The summed E-state index contributed by atoms with van der Waals surface area (Å²) in [5.74, 6) is -0.911. The van der Waals surface area contributed by atoms with Crippen LogP contribution in [0, 0.1) is 6.92 Å². The van der Waals surface area contributed by atoms with Gasteiger partial charge in [0.1, 0.15) is 0 Å². The van der Waals surface area contributed by atoms with Crippen LogP contribution in [0.3, 0.4) is 0 Å². The van der Waals surface area contributed by atoms with E-state index in [1.807, 2.05) is 45.0 Å². The number of amides is 1. The van der Waals surface area contributed by atoms with Gasteiger partial charge in [0.15, 0.2) is 0 Å². The minimum absolute atomic E-state index is 0.0881. The maximum Gasteiger partial charge on any atom is 0.295 e. The van der Waals surface area contributed by atoms with Crippen LogP contribution in [-0.4, -0.2) is 69.9 Å². The number of aryl methyl sites for hydroxylation is 1. The van der Waals surface area contributed by atoms with Crippen LogP contribution >= 0.6 is 0 Å². The number of nitrogens with one attached hydrogen (secondary N) is 1. The van der Waals surface area contributed by atoms with Gasteiger partial charge in [-0.25, -0.2) is 0 Å². The molecule has 25 heavy (non-hydrogen) atoms. The quantitative estimate of drug-likeness (QED) is 0.653. The molecular formula is C19H25N3O3. The summed E-state index contributed by atoms with van der Waals surface area (Å²) < 4.78 is 0. The van der Waals surface area contributed by atoms with Gasteiger partial charge >= 0.3 is 0 Å². The number of hydrogen-bond acceptors (Lipinski definition) is 4. The van der Waals surface area contributed by atoms with E-state index in [0.717, 1.165) is 16.6 Å². The molecule has 0 radical (unpaired) electrons. The number of nitrogens with zero attached hydrogens (tertiary/aromatic N) is 2. The second-order valence-corrected chi connectivity index (χ2v) is 7.25. The summed E-state index contributed by atoms with van der Waals surface area (Å²) in [6.45, 7) is 8.17. The van der Waals surface area contributed by atoms with Gasteiger partial charge in [-0.1, -0.05) is 18.2 Å². The Hall–Kier alpha value is -2.18. The zero-order chi connectivity index (χ0) is 18.2. The van der Waals surface area contributed by atoms with E-state index in [4.69, 9.17) is 0 Å². The van der Waals surface area contributed by atoms with Gasteiger partial charge in [0, 0.05) is 48.3 Å². The van der Waals surface area contributed by atoms with Gasteiger partial charge < -0.3 is 15.0 Å². The Balaban J connectivity index is 1.83. The third kappa shape index (κ3) is 3.19. The highest BCUT2D eigenvalue weighted by molar-refractivity contribution is 6.45. The van der Waals surface area contributed by atoms with Gasteiger partial charge in [-0.15, -0.1) is 0 Å². The summed E-state index contributed by atoms with van der Waals surface area (Å²) in [6.07, 6.45) is 0. The highest BCUT2D eigenvalue weighted by Gasteiger charge is 2.37. The number of hydrogen-bond donors (Lipinski definition) is 2. The van der Waals surface area contributed by atoms with Crippen molar-refractivity contribution in [2.45, 2.75) is 26.3 Å². The van der Waals surface area contributed by atoms with E-state index in [0.29, 0.717) is 31.7 Å². The molecule has 0 aliphatic carbocycles. The van der Waals surface area contributed by atoms with Crippen LogP contribution in [-0.2, 0) is 4.79 Å². The molecule has 134 valence electrons. The Labute approximate surface area is 147 Å². The lowest BCUT2D eigenvalue weighted by Gasteiger charge is -2.46. The molecule has 1 amide bonds. The van der Waals surface area contributed by atoms with E-state index in [1.54, 1.807) is 4.90 Å². The van der Waals surface area contributed by atoms with Crippen molar-refractivity contribution in [3.8, 4) is 0 Å². The molecule has 0 saturated carbocycles. The van der Waals surface area contributed by atoms with Crippen LogP contribution in [0.25, 0.3) is 10.9 Å². The van der Waals surface area contributed by atoms with Crippen molar-refractivity contribution in [3.63, 3.8) is 0 Å². The average molecular weight is 343 g/mol. The van der Waals surface area contributed by atoms with Crippen molar-refractivity contribution < 1.29 is 14.7 Å². The van der Waals surface area contributed by atoms with Crippen molar-refractivity contribution in [3.05, 3.63) is 35.5 Å². The molecule has 1 aliphatic heterocycles. The second-order valence-electron chi connectivity index (χ2n) is 7.25. The fraction of sp³-hybridized carbons (Fsp3) is 0.474. The van der Waals surface area contributed by atoms with E-state index < -0.39 is 11.7 Å². The zero-order valence-electron chi connectivity index (χ0n) is 15.0. The molecule has 0 bridgehead atoms. The number of aliphatic hydroxyl groups excluding tert-OH is 1. The van der Waals surface area contributed by atoms with Crippen LogP contribution in [0.15, 0.2) is 24.3 Å². The topological polar surface area (TPSA) is 76.6 Å². The summed E-state index contributed by atoms with van der Waals surface area (Å²) in [4.78, 5) is 32.7. The summed E-state index contributed by atoms with van der Waals surface area (Å²) in [7, 11) is 0. The van der Waals surface area contributed by atoms with Crippen molar-refractivity contribution in [1.82, 2.24) is 14.8 Å². The minimum Gasteiger partial charge on any atom is -0.395 e. The van der Waals surface area contributed by atoms with Crippen molar-refractivity contribution >= 4 is 22.6 Å². The molecule has 1 aromatic carbocycles. The molecule has 2 aromatic rings. The number of fused-ring (bicyclic) bond motifs is 1.